The fourth-order valence-electron chi connectivity index (χ4n) is 4.41. The summed E-state index contributed by atoms with van der Waals surface area (Å²) in [4.78, 5) is 40.0. The van der Waals surface area contributed by atoms with Crippen LogP contribution >= 0.6 is 11.3 Å². The van der Waals surface area contributed by atoms with Gasteiger partial charge in [0.25, 0.3) is 17.5 Å². The van der Waals surface area contributed by atoms with Gasteiger partial charge < -0.3 is 4.90 Å². The van der Waals surface area contributed by atoms with Crippen molar-refractivity contribution in [2.75, 3.05) is 13.2 Å². The van der Waals surface area contributed by atoms with Crippen LogP contribution in [-0.4, -0.2) is 34.9 Å². The number of quaternary nitrogens is 1. The number of non-ortho nitro benzene ring substituents is 1. The number of hydrogen-bond donors (Lipinski definition) is 1. The van der Waals surface area contributed by atoms with Crippen LogP contribution in [0.5, 0.6) is 0 Å². The molecule has 0 spiro atoms. The summed E-state index contributed by atoms with van der Waals surface area (Å²) in [6, 6.07) is 6.42. The minimum absolute atomic E-state index is 0.143. The first kappa shape index (κ1) is 16.6. The largest absolute Gasteiger partial charge is 0.311 e. The molecule has 2 atom stereocenters. The molecule has 8 heteroatoms. The number of nitrogens with one attached hydrogen (secondary N) is 1. The normalized spacial score (nSPS) is 24.1. The molecule has 2 aliphatic heterocycles. The van der Waals surface area contributed by atoms with Gasteiger partial charge in [-0.2, -0.15) is 0 Å². The van der Waals surface area contributed by atoms with Crippen LogP contribution in [0.2, 0.25) is 0 Å². The molecule has 3 aliphatic rings. The Morgan fingerprint density at radius 2 is 1.96 bits per heavy atom. The summed E-state index contributed by atoms with van der Waals surface area (Å²) >= 11 is 1.79. The van der Waals surface area contributed by atoms with Gasteiger partial charge in [0, 0.05) is 34.9 Å². The standard InChI is InChI=1S/C19H17N3O4S/c23-18-13-4-3-12(22(25)26)9-15(13)19(24)21(18)10-20-7-5-16-14(6-8-27-16)17(20)11-1-2-11/h3-4,6,8-9,11,17H,1-2,5,7,10H2/p+1/t17-/m1/s1. The molecule has 2 aromatic rings. The summed E-state index contributed by atoms with van der Waals surface area (Å²) < 4.78 is 0. The number of carbonyl (C=O) groups is 2. The molecule has 1 unspecified atom stereocenters. The molecule has 5 rings (SSSR count). The van der Waals surface area contributed by atoms with Gasteiger partial charge in [-0.3, -0.25) is 19.7 Å². The fraction of sp³-hybridized carbons (Fsp3) is 0.368. The van der Waals surface area contributed by atoms with Crippen LogP contribution < -0.4 is 4.90 Å². The number of hydrogen-bond acceptors (Lipinski definition) is 5. The van der Waals surface area contributed by atoms with Gasteiger partial charge in [-0.1, -0.05) is 0 Å². The summed E-state index contributed by atoms with van der Waals surface area (Å²) in [5.74, 6) is -0.148. The SMILES string of the molecule is O=C1c2ccc([N+](=O)[O-])cc2C(=O)N1C[NH+]1CCc2sccc2[C@H]1C1CC1. The van der Waals surface area contributed by atoms with Crippen molar-refractivity contribution in [2.45, 2.75) is 25.3 Å². The zero-order chi connectivity index (χ0) is 18.7. The first-order valence-electron chi connectivity index (χ1n) is 9.10. The van der Waals surface area contributed by atoms with E-state index in [1.807, 2.05) is 0 Å². The van der Waals surface area contributed by atoms with Crippen LogP contribution in [0.3, 0.4) is 0 Å². The van der Waals surface area contributed by atoms with Crippen LogP contribution in [0.1, 0.15) is 50.0 Å². The molecule has 1 aromatic carbocycles. The van der Waals surface area contributed by atoms with E-state index in [4.69, 9.17) is 0 Å². The van der Waals surface area contributed by atoms with Crippen molar-refractivity contribution in [3.63, 3.8) is 0 Å². The first-order valence-corrected chi connectivity index (χ1v) is 9.98. The van der Waals surface area contributed by atoms with Gasteiger partial charge in [0.15, 0.2) is 6.67 Å². The Labute approximate surface area is 159 Å². The van der Waals surface area contributed by atoms with Gasteiger partial charge >= 0.3 is 0 Å². The third kappa shape index (κ3) is 2.59. The highest BCUT2D eigenvalue weighted by Gasteiger charge is 2.46. The number of imide groups is 1. The van der Waals surface area contributed by atoms with E-state index >= 15 is 0 Å². The number of carbonyl (C=O) groups excluding carboxylic acids is 2. The minimum Gasteiger partial charge on any atom is -0.311 e. The van der Waals surface area contributed by atoms with Crippen LogP contribution in [0.25, 0.3) is 0 Å². The van der Waals surface area contributed by atoms with E-state index in [0.29, 0.717) is 18.6 Å². The smallest absolute Gasteiger partial charge is 0.270 e. The maximum absolute atomic E-state index is 12.8. The van der Waals surface area contributed by atoms with Crippen molar-refractivity contribution in [1.82, 2.24) is 4.90 Å². The maximum atomic E-state index is 12.8. The summed E-state index contributed by atoms with van der Waals surface area (Å²) in [5, 5.41) is 13.1. The Morgan fingerprint density at radius 1 is 1.19 bits per heavy atom. The topological polar surface area (TPSA) is 85.0 Å². The molecule has 1 fully saturated rings. The van der Waals surface area contributed by atoms with Crippen molar-refractivity contribution in [3.05, 3.63) is 61.3 Å². The maximum Gasteiger partial charge on any atom is 0.270 e. The first-order chi connectivity index (χ1) is 13.0. The van der Waals surface area contributed by atoms with E-state index in [-0.39, 0.29) is 22.7 Å². The lowest BCUT2D eigenvalue weighted by Crippen LogP contribution is -3.15. The highest BCUT2D eigenvalue weighted by Crippen LogP contribution is 2.42. The van der Waals surface area contributed by atoms with Crippen LogP contribution in [0.15, 0.2) is 29.6 Å². The van der Waals surface area contributed by atoms with Crippen LogP contribution in [0, 0.1) is 16.0 Å². The van der Waals surface area contributed by atoms with E-state index < -0.39 is 10.8 Å². The molecule has 1 aromatic heterocycles. The van der Waals surface area contributed by atoms with Crippen molar-refractivity contribution < 1.29 is 19.4 Å². The van der Waals surface area contributed by atoms with Crippen molar-refractivity contribution in [1.29, 1.82) is 0 Å². The number of fused-ring (bicyclic) bond motifs is 2. The Hall–Kier alpha value is -2.58. The predicted molar refractivity (Wildman–Crippen MR) is 97.8 cm³/mol. The highest BCUT2D eigenvalue weighted by atomic mass is 32.1. The van der Waals surface area contributed by atoms with E-state index in [1.165, 1.54) is 51.3 Å². The van der Waals surface area contributed by atoms with E-state index in [9.17, 15) is 19.7 Å². The van der Waals surface area contributed by atoms with Crippen molar-refractivity contribution in [2.24, 2.45) is 5.92 Å². The number of amides is 2. The summed E-state index contributed by atoms with van der Waals surface area (Å²) in [7, 11) is 0. The summed E-state index contributed by atoms with van der Waals surface area (Å²) in [6.45, 7) is 1.21. The molecule has 1 aliphatic carbocycles. The number of thiophene rings is 1. The Bertz CT molecular complexity index is 981. The van der Waals surface area contributed by atoms with Gasteiger partial charge in [-0.05, 0) is 30.4 Å². The molecule has 7 nitrogen and oxygen atoms in total. The molecule has 27 heavy (non-hydrogen) atoms. The van der Waals surface area contributed by atoms with E-state index in [2.05, 4.69) is 11.4 Å². The molecule has 0 bridgehead atoms. The van der Waals surface area contributed by atoms with Gasteiger partial charge in [-0.25, -0.2) is 4.90 Å². The van der Waals surface area contributed by atoms with Crippen molar-refractivity contribution >= 4 is 28.8 Å². The highest BCUT2D eigenvalue weighted by molar-refractivity contribution is 7.10. The van der Waals surface area contributed by atoms with Gasteiger partial charge in [0.05, 0.1) is 22.6 Å². The monoisotopic (exact) mass is 384 g/mol. The second-order valence-electron chi connectivity index (χ2n) is 7.46. The number of benzene rings is 1. The Morgan fingerprint density at radius 3 is 2.70 bits per heavy atom. The van der Waals surface area contributed by atoms with Crippen LogP contribution in [0.4, 0.5) is 5.69 Å². The van der Waals surface area contributed by atoms with E-state index in [0.717, 1.165) is 13.0 Å². The number of nitrogens with zero attached hydrogens (tertiary/aromatic N) is 2. The molecular weight excluding hydrogens is 366 g/mol. The number of nitro groups is 1. The number of rotatable bonds is 4. The van der Waals surface area contributed by atoms with E-state index in [1.54, 1.807) is 11.3 Å². The Kier molecular flexibility index (Phi) is 3.66. The molecule has 1 N–H and O–H groups in total. The average Bonchev–Trinajstić information content (AvgIpc) is 3.34. The molecule has 0 radical (unpaired) electrons. The summed E-state index contributed by atoms with van der Waals surface area (Å²) in [5.41, 5.74) is 1.61. The lowest BCUT2D eigenvalue weighted by atomic mass is 9.96. The second-order valence-corrected chi connectivity index (χ2v) is 8.46. The molecular formula is C19H18N3O4S+. The van der Waals surface area contributed by atoms with Crippen LogP contribution in [-0.2, 0) is 6.42 Å². The molecule has 3 heterocycles. The average molecular weight is 384 g/mol. The third-order valence-corrected chi connectivity index (χ3v) is 6.84. The minimum atomic E-state index is -0.544. The zero-order valence-corrected chi connectivity index (χ0v) is 15.3. The Balaban J connectivity index is 1.43. The van der Waals surface area contributed by atoms with Crippen molar-refractivity contribution in [3.8, 4) is 0 Å². The molecule has 0 saturated heterocycles. The lowest BCUT2D eigenvalue weighted by molar-refractivity contribution is -0.942. The zero-order valence-electron chi connectivity index (χ0n) is 14.5. The molecule has 138 valence electrons. The second kappa shape index (κ2) is 5.97. The quantitative estimate of drug-likeness (QED) is 0.495. The lowest BCUT2D eigenvalue weighted by Gasteiger charge is -2.34. The third-order valence-electron chi connectivity index (χ3n) is 5.85. The fourth-order valence-corrected chi connectivity index (χ4v) is 5.34. The number of nitro benzene ring substituents is 1. The molecule has 2 amide bonds. The van der Waals surface area contributed by atoms with Gasteiger partial charge in [0.2, 0.25) is 0 Å². The summed E-state index contributed by atoms with van der Waals surface area (Å²) in [6.07, 6.45) is 3.34. The predicted octanol–water partition coefficient (Wildman–Crippen LogP) is 1.80. The van der Waals surface area contributed by atoms with Gasteiger partial charge in [0.1, 0.15) is 6.04 Å². The molecule has 1 saturated carbocycles. The van der Waals surface area contributed by atoms with Gasteiger partial charge in [-0.15, -0.1) is 11.3 Å².